The Morgan fingerprint density at radius 1 is 1.23 bits per heavy atom. The Hall–Kier alpha value is -3.29. The van der Waals surface area contributed by atoms with E-state index in [4.69, 9.17) is 9.26 Å². The quantitative estimate of drug-likeness (QED) is 0.646. The molecule has 0 unspecified atom stereocenters. The van der Waals surface area contributed by atoms with Crippen molar-refractivity contribution in [2.75, 3.05) is 7.11 Å². The van der Waals surface area contributed by atoms with Crippen LogP contribution < -0.4 is 4.74 Å². The lowest BCUT2D eigenvalue weighted by Crippen LogP contribution is -2.03. The zero-order valence-electron chi connectivity index (χ0n) is 14.0. The molecule has 0 fully saturated rings. The summed E-state index contributed by atoms with van der Waals surface area (Å²) in [5.41, 5.74) is 1.13. The first kappa shape index (κ1) is 17.5. The molecule has 0 bridgehead atoms. The Balaban J connectivity index is 1.80. The second kappa shape index (κ2) is 7.30. The summed E-state index contributed by atoms with van der Waals surface area (Å²) in [6.07, 6.45) is 1.32. The summed E-state index contributed by atoms with van der Waals surface area (Å²) in [5.74, 6) is -1.24. The number of nitrogens with zero attached hydrogens (tertiary/aromatic N) is 2. The van der Waals surface area contributed by atoms with Gasteiger partial charge in [0.2, 0.25) is 5.88 Å². The molecule has 0 amide bonds. The highest BCUT2D eigenvalue weighted by Gasteiger charge is 2.19. The number of esters is 1. The molecule has 2 aromatic heterocycles. The maximum atomic E-state index is 14.0. The summed E-state index contributed by atoms with van der Waals surface area (Å²) in [6, 6.07) is 6.22. The molecule has 0 aliphatic carbocycles. The Morgan fingerprint density at radius 2 is 2.04 bits per heavy atom. The molecule has 0 radical (unpaired) electrons. The monoisotopic (exact) mass is 360 g/mol. The van der Waals surface area contributed by atoms with E-state index in [1.807, 2.05) is 0 Å². The van der Waals surface area contributed by atoms with Crippen LogP contribution >= 0.6 is 0 Å². The van der Waals surface area contributed by atoms with Crippen LogP contribution in [0, 0.1) is 18.6 Å². The summed E-state index contributed by atoms with van der Waals surface area (Å²) in [4.78, 5) is 15.4. The van der Waals surface area contributed by atoms with Crippen molar-refractivity contribution in [3.63, 3.8) is 0 Å². The second-order valence-corrected chi connectivity index (χ2v) is 5.36. The number of ether oxygens (including phenoxy) is 2. The van der Waals surface area contributed by atoms with Gasteiger partial charge in [0.1, 0.15) is 29.7 Å². The van der Waals surface area contributed by atoms with Crippen LogP contribution in [0.15, 0.2) is 41.1 Å². The average molecular weight is 360 g/mol. The minimum absolute atomic E-state index is 0.00601. The molecule has 2 heterocycles. The molecule has 3 rings (SSSR count). The number of rotatable bonds is 5. The average Bonchev–Trinajstić information content (AvgIpc) is 3.00. The SMILES string of the molecule is COC(=O)c1ccc(OCc2c(-c3ccc(F)cc3F)noc2C)nc1. The third-order valence-electron chi connectivity index (χ3n) is 3.69. The van der Waals surface area contributed by atoms with Crippen LogP contribution in [0.3, 0.4) is 0 Å². The van der Waals surface area contributed by atoms with Crippen molar-refractivity contribution < 1.29 is 27.6 Å². The largest absolute Gasteiger partial charge is 0.473 e. The molecule has 26 heavy (non-hydrogen) atoms. The smallest absolute Gasteiger partial charge is 0.339 e. The van der Waals surface area contributed by atoms with Crippen molar-refractivity contribution in [1.82, 2.24) is 10.1 Å². The number of carbonyl (C=O) groups excluding carboxylic acids is 1. The van der Waals surface area contributed by atoms with Gasteiger partial charge in [-0.15, -0.1) is 0 Å². The molecular weight excluding hydrogens is 346 g/mol. The predicted octanol–water partition coefficient (Wildman–Crippen LogP) is 3.69. The van der Waals surface area contributed by atoms with Crippen LogP contribution in [0.2, 0.25) is 0 Å². The zero-order chi connectivity index (χ0) is 18.7. The lowest BCUT2D eigenvalue weighted by Gasteiger charge is -2.07. The molecule has 0 atom stereocenters. The lowest BCUT2D eigenvalue weighted by atomic mass is 10.1. The predicted molar refractivity (Wildman–Crippen MR) is 86.5 cm³/mol. The third-order valence-corrected chi connectivity index (χ3v) is 3.69. The Morgan fingerprint density at radius 3 is 2.69 bits per heavy atom. The first-order chi connectivity index (χ1) is 12.5. The molecule has 0 aliphatic heterocycles. The van der Waals surface area contributed by atoms with Crippen molar-refractivity contribution in [3.8, 4) is 17.1 Å². The van der Waals surface area contributed by atoms with Gasteiger partial charge in [-0.2, -0.15) is 0 Å². The van der Waals surface area contributed by atoms with E-state index in [0.29, 0.717) is 11.3 Å². The fourth-order valence-electron chi connectivity index (χ4n) is 2.30. The van der Waals surface area contributed by atoms with Crippen molar-refractivity contribution >= 4 is 5.97 Å². The van der Waals surface area contributed by atoms with E-state index in [0.717, 1.165) is 12.1 Å². The highest BCUT2D eigenvalue weighted by Crippen LogP contribution is 2.28. The van der Waals surface area contributed by atoms with E-state index in [9.17, 15) is 13.6 Å². The summed E-state index contributed by atoms with van der Waals surface area (Å²) >= 11 is 0. The van der Waals surface area contributed by atoms with Crippen LogP contribution in [-0.2, 0) is 11.3 Å². The molecule has 0 aliphatic rings. The van der Waals surface area contributed by atoms with Crippen molar-refractivity contribution in [2.24, 2.45) is 0 Å². The summed E-state index contributed by atoms with van der Waals surface area (Å²) in [7, 11) is 1.28. The topological polar surface area (TPSA) is 74.5 Å². The number of aryl methyl sites for hydroxylation is 1. The molecule has 1 aromatic carbocycles. The van der Waals surface area contributed by atoms with Crippen molar-refractivity contribution in [1.29, 1.82) is 0 Å². The zero-order valence-corrected chi connectivity index (χ0v) is 14.0. The van der Waals surface area contributed by atoms with Crippen LogP contribution in [0.5, 0.6) is 5.88 Å². The van der Waals surface area contributed by atoms with Crippen LogP contribution in [0.1, 0.15) is 21.7 Å². The van der Waals surface area contributed by atoms with Gasteiger partial charge in [0, 0.05) is 23.9 Å². The van der Waals surface area contributed by atoms with Gasteiger partial charge in [-0.1, -0.05) is 5.16 Å². The van der Waals surface area contributed by atoms with E-state index in [-0.39, 0.29) is 29.3 Å². The number of pyridine rings is 1. The maximum absolute atomic E-state index is 14.0. The fourth-order valence-corrected chi connectivity index (χ4v) is 2.30. The van der Waals surface area contributed by atoms with Gasteiger partial charge in [0.25, 0.3) is 0 Å². The molecule has 6 nitrogen and oxygen atoms in total. The number of benzene rings is 1. The van der Waals surface area contributed by atoms with E-state index in [2.05, 4.69) is 14.9 Å². The maximum Gasteiger partial charge on any atom is 0.339 e. The van der Waals surface area contributed by atoms with E-state index in [1.54, 1.807) is 6.92 Å². The van der Waals surface area contributed by atoms with Crippen LogP contribution in [0.4, 0.5) is 8.78 Å². The van der Waals surface area contributed by atoms with Crippen molar-refractivity contribution in [2.45, 2.75) is 13.5 Å². The molecule has 8 heteroatoms. The molecule has 0 N–H and O–H groups in total. The van der Waals surface area contributed by atoms with Gasteiger partial charge in [-0.3, -0.25) is 0 Å². The first-order valence-corrected chi connectivity index (χ1v) is 7.57. The number of hydrogen-bond acceptors (Lipinski definition) is 6. The summed E-state index contributed by atoms with van der Waals surface area (Å²) in [5, 5.41) is 3.84. The lowest BCUT2D eigenvalue weighted by molar-refractivity contribution is 0.0600. The van der Waals surface area contributed by atoms with Crippen molar-refractivity contribution in [3.05, 3.63) is 65.1 Å². The van der Waals surface area contributed by atoms with Gasteiger partial charge in [0.15, 0.2) is 0 Å². The number of methoxy groups -OCH3 is 1. The normalized spacial score (nSPS) is 10.6. The van der Waals surface area contributed by atoms with Crippen LogP contribution in [0.25, 0.3) is 11.3 Å². The standard InChI is InChI=1S/C18H14F2N2O4/c1-10-14(9-25-16-6-3-11(8-21-16)18(23)24-2)17(22-26-10)13-5-4-12(19)7-15(13)20/h3-8H,9H2,1-2H3. The number of halogens is 2. The number of carbonyl (C=O) groups is 1. The van der Waals surface area contributed by atoms with Gasteiger partial charge in [-0.25, -0.2) is 18.6 Å². The minimum atomic E-state index is -0.750. The molecule has 134 valence electrons. The van der Waals surface area contributed by atoms with Gasteiger partial charge >= 0.3 is 5.97 Å². The Kier molecular flexibility index (Phi) is 4.92. The molecule has 3 aromatic rings. The highest BCUT2D eigenvalue weighted by molar-refractivity contribution is 5.88. The molecule has 0 spiro atoms. The molecular formula is C18H14F2N2O4. The number of hydrogen-bond donors (Lipinski definition) is 0. The van der Waals surface area contributed by atoms with E-state index in [1.165, 1.54) is 31.5 Å². The van der Waals surface area contributed by atoms with Crippen LogP contribution in [-0.4, -0.2) is 23.2 Å². The second-order valence-electron chi connectivity index (χ2n) is 5.36. The third kappa shape index (κ3) is 3.53. The molecule has 0 saturated carbocycles. The van der Waals surface area contributed by atoms with E-state index < -0.39 is 17.6 Å². The summed E-state index contributed by atoms with van der Waals surface area (Å²) < 4.78 is 42.4. The molecule has 0 saturated heterocycles. The minimum Gasteiger partial charge on any atom is -0.473 e. The fraction of sp³-hybridized carbons (Fsp3) is 0.167. The number of aromatic nitrogens is 2. The Labute approximate surface area is 147 Å². The van der Waals surface area contributed by atoms with Gasteiger partial charge in [0.05, 0.1) is 18.2 Å². The first-order valence-electron chi connectivity index (χ1n) is 7.57. The highest BCUT2D eigenvalue weighted by atomic mass is 19.1. The van der Waals surface area contributed by atoms with E-state index >= 15 is 0 Å². The summed E-state index contributed by atoms with van der Waals surface area (Å²) in [6.45, 7) is 1.66. The van der Waals surface area contributed by atoms with Gasteiger partial charge < -0.3 is 14.0 Å². The van der Waals surface area contributed by atoms with Gasteiger partial charge in [-0.05, 0) is 25.1 Å². The Bertz CT molecular complexity index is 939.